The molecule has 0 unspecified atom stereocenters. The lowest BCUT2D eigenvalue weighted by atomic mass is 9.59. The molecule has 6 aliphatic rings. The first-order valence-corrected chi connectivity index (χ1v) is 15.9. The molecule has 41 heavy (non-hydrogen) atoms. The van der Waals surface area contributed by atoms with E-state index in [0.29, 0.717) is 23.1 Å². The molecule has 3 aromatic rings. The summed E-state index contributed by atoms with van der Waals surface area (Å²) < 4.78 is 32.4. The summed E-state index contributed by atoms with van der Waals surface area (Å²) in [6, 6.07) is 3.15. The number of ether oxygens (including phenoxy) is 2. The van der Waals surface area contributed by atoms with Crippen LogP contribution in [0.4, 0.5) is 9.52 Å². The zero-order chi connectivity index (χ0) is 27.9. The summed E-state index contributed by atoms with van der Waals surface area (Å²) in [7, 11) is 1.29. The van der Waals surface area contributed by atoms with E-state index in [9.17, 15) is 14.0 Å². The van der Waals surface area contributed by atoms with E-state index in [-0.39, 0.29) is 46.6 Å². The Morgan fingerprint density at radius 2 is 1.73 bits per heavy atom. The molecule has 6 fully saturated rings. The third-order valence-electron chi connectivity index (χ3n) is 10.5. The van der Waals surface area contributed by atoms with Crippen molar-refractivity contribution >= 4 is 38.6 Å². The van der Waals surface area contributed by atoms with Crippen molar-refractivity contribution in [3.05, 3.63) is 40.5 Å². The summed E-state index contributed by atoms with van der Waals surface area (Å²) in [5.74, 6) is 0.496. The number of methoxy groups -OCH3 is 1. The highest BCUT2D eigenvalue weighted by atomic mass is 32.1. The number of halogens is 1. The highest BCUT2D eigenvalue weighted by molar-refractivity contribution is 7.22. The number of esters is 2. The highest BCUT2D eigenvalue weighted by Crippen LogP contribution is 2.54. The lowest BCUT2D eigenvalue weighted by Gasteiger charge is -2.45. The highest BCUT2D eigenvalue weighted by Gasteiger charge is 2.49. The number of fused-ring (bicyclic) bond motifs is 6. The molecule has 10 heteroatoms. The van der Waals surface area contributed by atoms with Gasteiger partial charge < -0.3 is 18.9 Å². The number of thiazole rings is 1. The predicted octanol–water partition coefficient (Wildman–Crippen LogP) is 6.67. The number of carbonyl (C=O) groups is 2. The van der Waals surface area contributed by atoms with Crippen molar-refractivity contribution in [1.82, 2.24) is 10.1 Å². The molecule has 4 aliphatic carbocycles. The molecule has 216 valence electrons. The first-order valence-electron chi connectivity index (χ1n) is 15.1. The van der Waals surface area contributed by atoms with Crippen LogP contribution < -0.4 is 4.90 Å². The molecule has 9 rings (SSSR count). The van der Waals surface area contributed by atoms with Crippen LogP contribution in [0.3, 0.4) is 0 Å². The molecule has 4 bridgehead atoms. The second-order valence-electron chi connectivity index (χ2n) is 12.9. The number of carbonyl (C=O) groups excluding carboxylic acids is 2. The molecule has 2 aliphatic heterocycles. The van der Waals surface area contributed by atoms with Crippen molar-refractivity contribution < 1.29 is 28.0 Å². The molecule has 3 atom stereocenters. The second kappa shape index (κ2) is 9.51. The van der Waals surface area contributed by atoms with Crippen molar-refractivity contribution in [2.75, 3.05) is 12.0 Å². The zero-order valence-corrected chi connectivity index (χ0v) is 24.0. The maximum Gasteiger partial charge on any atom is 0.344 e. The molecule has 2 saturated heterocycles. The Hall–Kier alpha value is -3.01. The van der Waals surface area contributed by atoms with E-state index in [4.69, 9.17) is 14.0 Å². The van der Waals surface area contributed by atoms with Crippen molar-refractivity contribution in [1.29, 1.82) is 0 Å². The number of aromatic nitrogens is 2. The summed E-state index contributed by atoms with van der Waals surface area (Å²) in [6.45, 7) is 0. The van der Waals surface area contributed by atoms with E-state index in [1.165, 1.54) is 43.8 Å². The average molecular weight is 580 g/mol. The largest absolute Gasteiger partial charge is 0.465 e. The van der Waals surface area contributed by atoms with Crippen LogP contribution in [0.15, 0.2) is 16.7 Å². The SMILES string of the molecule is COC(=O)c1cc(F)c2nc(N3[C@@H]4CC[C@H]3C[C@@H](OC(=O)c3c(C56CCC(CC5)CC6)noc3C3CC3)C4)sc2c1. The van der Waals surface area contributed by atoms with E-state index in [1.54, 1.807) is 6.07 Å². The minimum Gasteiger partial charge on any atom is -0.465 e. The number of piperidine rings is 1. The van der Waals surface area contributed by atoms with Crippen molar-refractivity contribution in [2.45, 2.75) is 107 Å². The quantitative estimate of drug-likeness (QED) is 0.299. The lowest BCUT2D eigenvalue weighted by Crippen LogP contribution is -2.46. The molecule has 8 nitrogen and oxygen atoms in total. The van der Waals surface area contributed by atoms with Gasteiger partial charge >= 0.3 is 11.9 Å². The number of hydrogen-bond donors (Lipinski definition) is 0. The molecular weight excluding hydrogens is 545 g/mol. The van der Waals surface area contributed by atoms with Gasteiger partial charge in [-0.3, -0.25) is 0 Å². The van der Waals surface area contributed by atoms with Gasteiger partial charge in [0.15, 0.2) is 16.7 Å². The summed E-state index contributed by atoms with van der Waals surface area (Å²) in [4.78, 5) is 32.8. The van der Waals surface area contributed by atoms with Gasteiger partial charge in [-0.1, -0.05) is 16.5 Å². The van der Waals surface area contributed by atoms with E-state index < -0.39 is 11.8 Å². The van der Waals surface area contributed by atoms with Gasteiger partial charge in [-0.05, 0) is 82.3 Å². The second-order valence-corrected chi connectivity index (χ2v) is 13.9. The fourth-order valence-corrected chi connectivity index (χ4v) is 9.32. The molecule has 4 saturated carbocycles. The van der Waals surface area contributed by atoms with Gasteiger partial charge in [-0.2, -0.15) is 0 Å². The molecule has 0 spiro atoms. The third kappa shape index (κ3) is 4.19. The van der Waals surface area contributed by atoms with Crippen molar-refractivity contribution in [3.8, 4) is 0 Å². The van der Waals surface area contributed by atoms with E-state index in [0.717, 1.165) is 67.4 Å². The third-order valence-corrected chi connectivity index (χ3v) is 11.5. The summed E-state index contributed by atoms with van der Waals surface area (Å²) >= 11 is 1.39. The van der Waals surface area contributed by atoms with Gasteiger partial charge in [0.1, 0.15) is 22.9 Å². The van der Waals surface area contributed by atoms with Crippen LogP contribution in [-0.4, -0.2) is 47.4 Å². The number of nitrogens with zero attached hydrogens (tertiary/aromatic N) is 3. The minimum atomic E-state index is -0.569. The average Bonchev–Trinajstić information content (AvgIpc) is 3.47. The predicted molar refractivity (Wildman–Crippen MR) is 150 cm³/mol. The number of anilines is 1. The number of rotatable bonds is 6. The maximum atomic E-state index is 14.8. The smallest absolute Gasteiger partial charge is 0.344 e. The van der Waals surface area contributed by atoms with Crippen LogP contribution in [0.1, 0.15) is 115 Å². The van der Waals surface area contributed by atoms with Gasteiger partial charge in [0.2, 0.25) is 0 Å². The zero-order valence-electron chi connectivity index (χ0n) is 23.2. The minimum absolute atomic E-state index is 0.0437. The van der Waals surface area contributed by atoms with Crippen LogP contribution in [0.5, 0.6) is 0 Å². The maximum absolute atomic E-state index is 14.8. The standard InChI is InChI=1S/C31H34FN3O5S/c1-38-28(36)18-12-22(32)25-23(13-18)41-30(33-25)35-19-4-5-20(35)15-21(14-19)39-29(37)24-26(17-2-3-17)40-34-27(24)31-9-6-16(7-10-31)8-11-31/h12-13,16-17,19-21H,2-11,14-15H2,1H3/t16?,19-,20+,21+,31?. The van der Waals surface area contributed by atoms with Crippen LogP contribution in [0.2, 0.25) is 0 Å². The fourth-order valence-electron chi connectivity index (χ4n) is 8.16. The Bertz CT molecular complexity index is 1510. The van der Waals surface area contributed by atoms with Gasteiger partial charge in [0.05, 0.1) is 17.4 Å². The van der Waals surface area contributed by atoms with E-state index >= 15 is 0 Å². The number of hydrogen-bond acceptors (Lipinski definition) is 9. The molecule has 4 heterocycles. The molecule has 1 aromatic carbocycles. The monoisotopic (exact) mass is 579 g/mol. The van der Waals surface area contributed by atoms with Crippen LogP contribution >= 0.6 is 11.3 Å². The fraction of sp³-hybridized carbons (Fsp3) is 0.613. The van der Waals surface area contributed by atoms with Crippen molar-refractivity contribution in [3.63, 3.8) is 0 Å². The van der Waals surface area contributed by atoms with Gasteiger partial charge in [-0.25, -0.2) is 19.0 Å². The first-order chi connectivity index (χ1) is 19.9. The Labute approximate surface area is 241 Å². The van der Waals surface area contributed by atoms with E-state index in [2.05, 4.69) is 15.0 Å². The van der Waals surface area contributed by atoms with Gasteiger partial charge in [0.25, 0.3) is 0 Å². The van der Waals surface area contributed by atoms with Crippen LogP contribution in [0, 0.1) is 11.7 Å². The van der Waals surface area contributed by atoms with Gasteiger partial charge in [-0.15, -0.1) is 0 Å². The summed E-state index contributed by atoms with van der Waals surface area (Å²) in [6.07, 6.45) is 12.1. The van der Waals surface area contributed by atoms with E-state index in [1.807, 2.05) is 0 Å². The Kier molecular flexibility index (Phi) is 5.95. The summed E-state index contributed by atoms with van der Waals surface area (Å²) in [5.41, 5.74) is 1.91. The Morgan fingerprint density at radius 1 is 1.02 bits per heavy atom. The molecule has 2 aromatic heterocycles. The lowest BCUT2D eigenvalue weighted by molar-refractivity contribution is 0.0195. The molecular formula is C31H34FN3O5S. The van der Waals surface area contributed by atoms with Gasteiger partial charge in [0, 0.05) is 36.3 Å². The molecule has 0 N–H and O–H groups in total. The van der Waals surface area contributed by atoms with Crippen molar-refractivity contribution in [2.24, 2.45) is 5.92 Å². The normalized spacial score (nSPS) is 30.6. The topological polar surface area (TPSA) is 94.8 Å². The summed E-state index contributed by atoms with van der Waals surface area (Å²) in [5, 5.41) is 5.33. The molecule has 0 radical (unpaired) electrons. The van der Waals surface area contributed by atoms with Crippen LogP contribution in [0.25, 0.3) is 10.2 Å². The van der Waals surface area contributed by atoms with Crippen LogP contribution in [-0.2, 0) is 14.9 Å². The Balaban J connectivity index is 1.03. The molecule has 0 amide bonds. The number of benzene rings is 1. The Morgan fingerprint density at radius 3 is 2.39 bits per heavy atom. The first kappa shape index (κ1) is 25.7.